The van der Waals surface area contributed by atoms with E-state index in [2.05, 4.69) is 9.97 Å². The van der Waals surface area contributed by atoms with Crippen LogP contribution in [0, 0.1) is 11.3 Å². The summed E-state index contributed by atoms with van der Waals surface area (Å²) in [6.45, 7) is 0. The summed E-state index contributed by atoms with van der Waals surface area (Å²) in [6.07, 6.45) is -0.945. The van der Waals surface area contributed by atoms with Crippen molar-refractivity contribution in [3.05, 3.63) is 48.0 Å². The minimum Gasteiger partial charge on any atom is -0.265 e. The molecule has 3 nitrogen and oxygen atoms in total. The van der Waals surface area contributed by atoms with Gasteiger partial charge in [-0.05, 0) is 23.8 Å². The average molecular weight is 249 g/mol. The van der Waals surface area contributed by atoms with Crippen LogP contribution in [-0.2, 0) is 6.18 Å². The molecule has 0 spiro atoms. The molecule has 0 saturated heterocycles. The van der Waals surface area contributed by atoms with E-state index in [0.717, 1.165) is 6.07 Å². The predicted molar refractivity (Wildman–Crippen MR) is 57.2 cm³/mol. The Morgan fingerprint density at radius 2 is 1.83 bits per heavy atom. The molecule has 0 radical (unpaired) electrons. The minimum atomic E-state index is -4.48. The van der Waals surface area contributed by atoms with Crippen LogP contribution in [0.2, 0.25) is 0 Å². The summed E-state index contributed by atoms with van der Waals surface area (Å²) in [6, 6.07) is 5.74. The number of rotatable bonds is 1. The van der Waals surface area contributed by atoms with Crippen molar-refractivity contribution in [2.75, 3.05) is 0 Å². The highest BCUT2D eigenvalue weighted by Crippen LogP contribution is 2.32. The molecule has 0 saturated carbocycles. The van der Waals surface area contributed by atoms with Crippen LogP contribution in [0.3, 0.4) is 0 Å². The molecule has 0 amide bonds. The summed E-state index contributed by atoms with van der Waals surface area (Å²) in [7, 11) is 0. The number of halogens is 3. The summed E-state index contributed by atoms with van der Waals surface area (Å²) in [5.41, 5.74) is -0.308. The molecule has 0 bridgehead atoms. The second kappa shape index (κ2) is 4.45. The minimum absolute atomic E-state index is 0.0470. The van der Waals surface area contributed by atoms with Gasteiger partial charge in [-0.3, -0.25) is 4.98 Å². The maximum atomic E-state index is 12.6. The fourth-order valence-corrected chi connectivity index (χ4v) is 1.46. The first-order valence-corrected chi connectivity index (χ1v) is 4.90. The lowest BCUT2D eigenvalue weighted by atomic mass is 10.0. The van der Waals surface area contributed by atoms with Gasteiger partial charge in [-0.15, -0.1) is 0 Å². The van der Waals surface area contributed by atoms with Gasteiger partial charge in [0, 0.05) is 24.2 Å². The molecule has 0 aliphatic heterocycles. The van der Waals surface area contributed by atoms with Crippen LogP contribution in [0.5, 0.6) is 0 Å². The molecule has 2 aromatic rings. The van der Waals surface area contributed by atoms with Crippen molar-refractivity contribution in [1.29, 1.82) is 5.26 Å². The first-order chi connectivity index (χ1) is 8.52. The van der Waals surface area contributed by atoms with Crippen molar-refractivity contribution in [3.8, 4) is 17.2 Å². The summed E-state index contributed by atoms with van der Waals surface area (Å²) in [4.78, 5) is 7.31. The second-order valence-corrected chi connectivity index (χ2v) is 3.47. The lowest BCUT2D eigenvalue weighted by molar-refractivity contribution is -0.137. The Bertz CT molecular complexity index is 600. The van der Waals surface area contributed by atoms with E-state index in [-0.39, 0.29) is 11.3 Å². The Morgan fingerprint density at radius 1 is 1.17 bits per heavy atom. The van der Waals surface area contributed by atoms with Crippen molar-refractivity contribution in [2.45, 2.75) is 6.18 Å². The Morgan fingerprint density at radius 3 is 2.39 bits per heavy atom. The van der Waals surface area contributed by atoms with Gasteiger partial charge in [-0.2, -0.15) is 18.4 Å². The maximum Gasteiger partial charge on any atom is 0.417 e. The zero-order valence-corrected chi connectivity index (χ0v) is 8.94. The van der Waals surface area contributed by atoms with Crippen LogP contribution >= 0.6 is 0 Å². The Labute approximate surface area is 101 Å². The van der Waals surface area contributed by atoms with E-state index in [1.54, 1.807) is 6.07 Å². The molecule has 18 heavy (non-hydrogen) atoms. The van der Waals surface area contributed by atoms with E-state index in [4.69, 9.17) is 5.26 Å². The second-order valence-electron chi connectivity index (χ2n) is 3.47. The highest BCUT2D eigenvalue weighted by atomic mass is 19.4. The molecule has 0 aromatic carbocycles. The van der Waals surface area contributed by atoms with E-state index in [1.807, 2.05) is 0 Å². The summed E-state index contributed by atoms with van der Waals surface area (Å²) in [5.74, 6) is 0. The van der Waals surface area contributed by atoms with Gasteiger partial charge in [-0.1, -0.05) is 0 Å². The molecule has 0 fully saturated rings. The quantitative estimate of drug-likeness (QED) is 0.780. The van der Waals surface area contributed by atoms with Crippen molar-refractivity contribution in [2.24, 2.45) is 0 Å². The van der Waals surface area contributed by atoms with Crippen molar-refractivity contribution in [3.63, 3.8) is 0 Å². The molecule has 0 aliphatic rings. The van der Waals surface area contributed by atoms with E-state index < -0.39 is 11.7 Å². The van der Waals surface area contributed by atoms with Gasteiger partial charge in [0.2, 0.25) is 0 Å². The van der Waals surface area contributed by atoms with Gasteiger partial charge in [-0.25, -0.2) is 4.98 Å². The Balaban J connectivity index is 2.62. The fourth-order valence-electron chi connectivity index (χ4n) is 1.46. The topological polar surface area (TPSA) is 49.6 Å². The summed E-state index contributed by atoms with van der Waals surface area (Å²) < 4.78 is 37.8. The predicted octanol–water partition coefficient (Wildman–Crippen LogP) is 3.03. The van der Waals surface area contributed by atoms with Crippen LogP contribution < -0.4 is 0 Å². The number of alkyl halides is 3. The Hall–Kier alpha value is -2.42. The van der Waals surface area contributed by atoms with Crippen molar-refractivity contribution >= 4 is 0 Å². The molecule has 90 valence electrons. The molecule has 6 heteroatoms. The van der Waals surface area contributed by atoms with Gasteiger partial charge in [0.1, 0.15) is 11.8 Å². The smallest absolute Gasteiger partial charge is 0.265 e. The highest BCUT2D eigenvalue weighted by Gasteiger charge is 2.31. The van der Waals surface area contributed by atoms with Gasteiger partial charge < -0.3 is 0 Å². The van der Waals surface area contributed by atoms with Crippen molar-refractivity contribution < 1.29 is 13.2 Å². The number of aromatic nitrogens is 2. The standard InChI is InChI=1S/C12H6F3N3/c13-12(14,15)9-5-10(11(6-16)18-7-9)8-1-3-17-4-2-8/h1-5,7H. The largest absolute Gasteiger partial charge is 0.417 e. The highest BCUT2D eigenvalue weighted by molar-refractivity contribution is 5.68. The molecular formula is C12H6F3N3. The summed E-state index contributed by atoms with van der Waals surface area (Å²) >= 11 is 0. The van der Waals surface area contributed by atoms with Crippen LogP contribution in [0.25, 0.3) is 11.1 Å². The van der Waals surface area contributed by atoms with E-state index >= 15 is 0 Å². The molecule has 0 N–H and O–H groups in total. The fraction of sp³-hybridized carbons (Fsp3) is 0.0833. The third-order valence-electron chi connectivity index (χ3n) is 2.31. The zero-order valence-electron chi connectivity index (χ0n) is 8.94. The van der Waals surface area contributed by atoms with E-state index in [0.29, 0.717) is 11.8 Å². The van der Waals surface area contributed by atoms with Gasteiger partial charge >= 0.3 is 6.18 Å². The van der Waals surface area contributed by atoms with Crippen molar-refractivity contribution in [1.82, 2.24) is 9.97 Å². The molecule has 0 unspecified atom stereocenters. The average Bonchev–Trinajstić information content (AvgIpc) is 2.38. The lowest BCUT2D eigenvalue weighted by Gasteiger charge is -2.09. The first-order valence-electron chi connectivity index (χ1n) is 4.90. The monoisotopic (exact) mass is 249 g/mol. The lowest BCUT2D eigenvalue weighted by Crippen LogP contribution is -2.06. The van der Waals surface area contributed by atoms with Crippen LogP contribution in [0.15, 0.2) is 36.8 Å². The number of hydrogen-bond donors (Lipinski definition) is 0. The van der Waals surface area contributed by atoms with E-state index in [9.17, 15) is 13.2 Å². The third-order valence-corrected chi connectivity index (χ3v) is 2.31. The first kappa shape index (κ1) is 12.0. The summed E-state index contributed by atoms with van der Waals surface area (Å²) in [5, 5.41) is 8.86. The molecule has 2 rings (SSSR count). The zero-order chi connectivity index (χ0) is 13.2. The molecule has 2 heterocycles. The third kappa shape index (κ3) is 2.30. The van der Waals surface area contributed by atoms with Gasteiger partial charge in [0.25, 0.3) is 0 Å². The van der Waals surface area contributed by atoms with Crippen LogP contribution in [0.4, 0.5) is 13.2 Å². The molecular weight excluding hydrogens is 243 g/mol. The number of nitrogens with zero attached hydrogens (tertiary/aromatic N) is 3. The van der Waals surface area contributed by atoms with Crippen LogP contribution in [0.1, 0.15) is 11.3 Å². The normalized spacial score (nSPS) is 11.0. The van der Waals surface area contributed by atoms with Crippen LogP contribution in [-0.4, -0.2) is 9.97 Å². The number of hydrogen-bond acceptors (Lipinski definition) is 3. The maximum absolute atomic E-state index is 12.6. The SMILES string of the molecule is N#Cc1ncc(C(F)(F)F)cc1-c1ccncc1. The Kier molecular flexibility index (Phi) is 2.98. The molecule has 0 aliphatic carbocycles. The van der Waals surface area contributed by atoms with Gasteiger partial charge in [0.15, 0.2) is 0 Å². The molecule has 2 aromatic heterocycles. The van der Waals surface area contributed by atoms with Gasteiger partial charge in [0.05, 0.1) is 5.56 Å². The number of pyridine rings is 2. The van der Waals surface area contributed by atoms with E-state index in [1.165, 1.54) is 24.5 Å². The number of nitriles is 1. The molecule has 0 atom stereocenters.